The number of allylic oxidation sites excluding steroid dienone is 1. The van der Waals surface area contributed by atoms with E-state index in [0.717, 1.165) is 52.9 Å². The van der Waals surface area contributed by atoms with Crippen LogP contribution in [0.4, 0.5) is 5.69 Å². The van der Waals surface area contributed by atoms with E-state index in [1.807, 2.05) is 0 Å². The molecule has 4 nitrogen and oxygen atoms in total. The van der Waals surface area contributed by atoms with Gasteiger partial charge in [-0.3, -0.25) is 4.79 Å². The minimum absolute atomic E-state index is 0.171. The van der Waals surface area contributed by atoms with Crippen molar-refractivity contribution in [3.63, 3.8) is 0 Å². The van der Waals surface area contributed by atoms with E-state index in [4.69, 9.17) is 5.73 Å². The molecule has 1 aromatic carbocycles. The normalized spacial score (nSPS) is 27.7. The molecule has 1 aliphatic heterocycles. The third-order valence-corrected chi connectivity index (χ3v) is 5.76. The fourth-order valence-corrected chi connectivity index (χ4v) is 4.60. The summed E-state index contributed by atoms with van der Waals surface area (Å²) in [6, 6.07) is 4.17. The van der Waals surface area contributed by atoms with Crippen LogP contribution >= 0.6 is 0 Å². The molecular formula is C19H21N3O. The summed E-state index contributed by atoms with van der Waals surface area (Å²) >= 11 is 0. The highest BCUT2D eigenvalue weighted by molar-refractivity contribution is 5.99. The predicted octanol–water partition coefficient (Wildman–Crippen LogP) is 2.77. The highest BCUT2D eigenvalue weighted by Gasteiger charge is 2.48. The van der Waals surface area contributed by atoms with Gasteiger partial charge in [-0.1, -0.05) is 38.3 Å². The zero-order valence-corrected chi connectivity index (χ0v) is 13.4. The van der Waals surface area contributed by atoms with E-state index in [-0.39, 0.29) is 5.91 Å². The molecule has 0 radical (unpaired) electrons. The summed E-state index contributed by atoms with van der Waals surface area (Å²) in [7, 11) is 0. The fraction of sp³-hybridized carbons (Fsp3) is 0.421. The van der Waals surface area contributed by atoms with Crippen molar-refractivity contribution in [3.05, 3.63) is 34.2 Å². The number of carbonyl (C=O) groups excluding carboxylic acids is 1. The van der Waals surface area contributed by atoms with Crippen molar-refractivity contribution in [2.24, 2.45) is 27.3 Å². The van der Waals surface area contributed by atoms with Crippen molar-refractivity contribution in [1.29, 1.82) is 0 Å². The molecule has 0 aromatic heterocycles. The lowest BCUT2D eigenvalue weighted by Crippen LogP contribution is -2.46. The second kappa shape index (κ2) is 5.15. The van der Waals surface area contributed by atoms with Gasteiger partial charge < -0.3 is 5.73 Å². The van der Waals surface area contributed by atoms with Crippen LogP contribution in [0.1, 0.15) is 44.6 Å². The van der Waals surface area contributed by atoms with Gasteiger partial charge in [0.15, 0.2) is 0 Å². The molecule has 0 saturated heterocycles. The number of primary amides is 1. The number of rotatable bonds is 3. The Bertz CT molecular complexity index is 865. The number of nitrogens with two attached hydrogens (primary N) is 1. The molecular weight excluding hydrogens is 286 g/mol. The van der Waals surface area contributed by atoms with Gasteiger partial charge in [0.2, 0.25) is 5.91 Å². The van der Waals surface area contributed by atoms with Gasteiger partial charge in [-0.2, -0.15) is 10.2 Å². The van der Waals surface area contributed by atoms with Crippen molar-refractivity contribution in [1.82, 2.24) is 0 Å². The zero-order chi connectivity index (χ0) is 16.0. The van der Waals surface area contributed by atoms with Crippen LogP contribution in [0.15, 0.2) is 28.4 Å². The van der Waals surface area contributed by atoms with Gasteiger partial charge in [-0.05, 0) is 47.2 Å². The first-order valence-corrected chi connectivity index (χ1v) is 8.44. The topological polar surface area (TPSA) is 67.8 Å². The van der Waals surface area contributed by atoms with Crippen LogP contribution in [0.5, 0.6) is 0 Å². The maximum atomic E-state index is 12.6. The Morgan fingerprint density at radius 1 is 1.30 bits per heavy atom. The van der Waals surface area contributed by atoms with E-state index in [9.17, 15) is 4.79 Å². The Kier molecular flexibility index (Phi) is 3.22. The van der Waals surface area contributed by atoms with Crippen LogP contribution in [0.25, 0.3) is 17.8 Å². The van der Waals surface area contributed by atoms with Crippen molar-refractivity contribution < 1.29 is 4.79 Å². The van der Waals surface area contributed by atoms with Crippen LogP contribution in [0, 0.1) is 11.3 Å². The maximum absolute atomic E-state index is 12.6. The summed E-state index contributed by atoms with van der Waals surface area (Å²) in [5.74, 6) is 0.154. The summed E-state index contributed by atoms with van der Waals surface area (Å²) in [6.45, 7) is 2.17. The average Bonchev–Trinajstić information content (AvgIpc) is 3.18. The van der Waals surface area contributed by atoms with Crippen molar-refractivity contribution >= 4 is 29.4 Å². The van der Waals surface area contributed by atoms with E-state index < -0.39 is 5.41 Å². The van der Waals surface area contributed by atoms with Crippen molar-refractivity contribution in [2.75, 3.05) is 0 Å². The smallest absolute Gasteiger partial charge is 0.228 e. The Labute approximate surface area is 135 Å². The molecule has 1 aromatic rings. The summed E-state index contributed by atoms with van der Waals surface area (Å²) in [5.41, 5.74) is 8.59. The first-order chi connectivity index (χ1) is 11.2. The first kappa shape index (κ1) is 14.4. The summed E-state index contributed by atoms with van der Waals surface area (Å²) in [6.07, 6.45) is 11.1. The summed E-state index contributed by atoms with van der Waals surface area (Å²) in [4.78, 5) is 12.6. The Hall–Kier alpha value is -2.23. The van der Waals surface area contributed by atoms with Gasteiger partial charge >= 0.3 is 0 Å². The number of carbonyl (C=O) groups is 1. The monoisotopic (exact) mass is 307 g/mol. The van der Waals surface area contributed by atoms with E-state index in [0.29, 0.717) is 5.92 Å². The number of hydrogen-bond donors (Lipinski definition) is 1. The molecule has 4 rings (SSSR count). The van der Waals surface area contributed by atoms with Crippen molar-refractivity contribution in [2.45, 2.75) is 39.0 Å². The van der Waals surface area contributed by atoms with Crippen LogP contribution in [0.3, 0.4) is 0 Å². The fourth-order valence-electron chi connectivity index (χ4n) is 4.60. The SMILES string of the molecule is CCC1CCCCC1(C(N)=O)C1=CC=c2cc3c(cc21)=CN=N3. The highest BCUT2D eigenvalue weighted by Crippen LogP contribution is 2.51. The molecule has 2 unspecified atom stereocenters. The lowest BCUT2D eigenvalue weighted by atomic mass is 9.60. The van der Waals surface area contributed by atoms with Crippen LogP contribution in [0.2, 0.25) is 0 Å². The van der Waals surface area contributed by atoms with E-state index in [2.05, 4.69) is 41.4 Å². The van der Waals surface area contributed by atoms with Crippen molar-refractivity contribution in [3.8, 4) is 0 Å². The molecule has 1 heterocycles. The zero-order valence-electron chi connectivity index (χ0n) is 13.4. The summed E-state index contributed by atoms with van der Waals surface area (Å²) in [5, 5.41) is 10.3. The third-order valence-electron chi connectivity index (χ3n) is 5.76. The standard InChI is InChI=1S/C19H21N3O/c1-2-14-5-3-4-8-19(14,18(20)23)16-7-6-12-10-17-13(9-15(12)16)11-21-22-17/h6-7,9-11,14H,2-5,8H2,1H3,(H2,20,23). The molecule has 2 atom stereocenters. The lowest BCUT2D eigenvalue weighted by molar-refractivity contribution is -0.128. The van der Waals surface area contributed by atoms with Gasteiger partial charge in [-0.25, -0.2) is 0 Å². The largest absolute Gasteiger partial charge is 0.369 e. The minimum Gasteiger partial charge on any atom is -0.369 e. The molecule has 2 N–H and O–H groups in total. The number of hydrogen-bond acceptors (Lipinski definition) is 3. The molecule has 4 heteroatoms. The number of fused-ring (bicyclic) bond motifs is 2. The third kappa shape index (κ3) is 1.94. The maximum Gasteiger partial charge on any atom is 0.228 e. The Morgan fingerprint density at radius 3 is 2.96 bits per heavy atom. The lowest BCUT2D eigenvalue weighted by Gasteiger charge is -2.43. The van der Waals surface area contributed by atoms with Gasteiger partial charge in [0.1, 0.15) is 0 Å². The number of azo groups is 1. The van der Waals surface area contributed by atoms with Gasteiger partial charge in [0.25, 0.3) is 0 Å². The quantitative estimate of drug-likeness (QED) is 0.916. The van der Waals surface area contributed by atoms with E-state index >= 15 is 0 Å². The van der Waals surface area contributed by atoms with Gasteiger partial charge in [0.05, 0.1) is 17.3 Å². The summed E-state index contributed by atoms with van der Waals surface area (Å²) < 4.78 is 0. The molecule has 2 aliphatic carbocycles. The number of nitrogens with zero attached hydrogens (tertiary/aromatic N) is 2. The predicted molar refractivity (Wildman–Crippen MR) is 91.0 cm³/mol. The van der Waals surface area contributed by atoms with Crippen LogP contribution in [-0.2, 0) is 4.79 Å². The molecule has 118 valence electrons. The van der Waals surface area contributed by atoms with Gasteiger partial charge in [-0.15, -0.1) is 0 Å². The molecule has 1 fully saturated rings. The second-order valence-electron chi connectivity index (χ2n) is 6.78. The minimum atomic E-state index is -0.532. The van der Waals surface area contributed by atoms with Crippen LogP contribution in [-0.4, -0.2) is 5.91 Å². The molecule has 0 spiro atoms. The molecule has 1 amide bonds. The molecule has 23 heavy (non-hydrogen) atoms. The van der Waals surface area contributed by atoms with Crippen LogP contribution < -0.4 is 16.2 Å². The molecule has 3 aliphatic rings. The number of amides is 1. The van der Waals surface area contributed by atoms with E-state index in [1.165, 1.54) is 6.42 Å². The molecule has 1 saturated carbocycles. The Morgan fingerprint density at radius 2 is 2.17 bits per heavy atom. The van der Waals surface area contributed by atoms with E-state index in [1.54, 1.807) is 6.20 Å². The number of benzene rings is 1. The first-order valence-electron chi connectivity index (χ1n) is 8.44. The average molecular weight is 307 g/mol. The second-order valence-corrected chi connectivity index (χ2v) is 6.78. The van der Waals surface area contributed by atoms with Gasteiger partial charge in [0, 0.05) is 5.22 Å². The Balaban J connectivity index is 1.88. The molecule has 0 bridgehead atoms. The highest BCUT2D eigenvalue weighted by atomic mass is 16.1.